The van der Waals surface area contributed by atoms with Gasteiger partial charge in [-0.3, -0.25) is 14.9 Å². The first-order chi connectivity index (χ1) is 8.69. The molecule has 106 valence electrons. The Morgan fingerprint density at radius 3 is 2.63 bits per heavy atom. The summed E-state index contributed by atoms with van der Waals surface area (Å²) in [5.74, 6) is 0. The first-order valence-electron chi connectivity index (χ1n) is 5.95. The highest BCUT2D eigenvalue weighted by molar-refractivity contribution is 5.24. The van der Waals surface area contributed by atoms with E-state index in [9.17, 15) is 20.0 Å². The third kappa shape index (κ3) is 5.19. The predicted molar refractivity (Wildman–Crippen MR) is 71.2 cm³/mol. The minimum absolute atomic E-state index is 0.107. The number of nitrogens with zero attached hydrogens (tertiary/aromatic N) is 3. The molecule has 7 nitrogen and oxygen atoms in total. The summed E-state index contributed by atoms with van der Waals surface area (Å²) in [6, 6.07) is 2.38. The topological polar surface area (TPSA) is 88.6 Å². The van der Waals surface area contributed by atoms with Crippen LogP contribution in [-0.2, 0) is 6.54 Å². The largest absolute Gasteiger partial charge is 0.389 e. The van der Waals surface area contributed by atoms with Crippen LogP contribution in [0.3, 0.4) is 0 Å². The van der Waals surface area contributed by atoms with Gasteiger partial charge in [0, 0.05) is 31.8 Å². The van der Waals surface area contributed by atoms with Crippen LogP contribution in [0.2, 0.25) is 0 Å². The molecule has 0 unspecified atom stereocenters. The van der Waals surface area contributed by atoms with Crippen LogP contribution in [0.4, 0.5) is 5.69 Å². The fraction of sp³-hybridized carbons (Fsp3) is 0.583. The Hall–Kier alpha value is -1.73. The molecule has 0 amide bonds. The van der Waals surface area contributed by atoms with E-state index in [1.165, 1.54) is 22.9 Å². The normalized spacial score (nSPS) is 11.8. The highest BCUT2D eigenvalue weighted by atomic mass is 16.6. The maximum absolute atomic E-state index is 11.6. The fourth-order valence-corrected chi connectivity index (χ4v) is 1.82. The van der Waals surface area contributed by atoms with Gasteiger partial charge in [0.25, 0.3) is 11.2 Å². The first kappa shape index (κ1) is 15.3. The van der Waals surface area contributed by atoms with Gasteiger partial charge in [-0.1, -0.05) is 0 Å². The van der Waals surface area contributed by atoms with E-state index in [2.05, 4.69) is 0 Å². The summed E-state index contributed by atoms with van der Waals surface area (Å²) in [7, 11) is 1.82. The van der Waals surface area contributed by atoms with Crippen LogP contribution in [0.25, 0.3) is 0 Å². The molecule has 0 saturated heterocycles. The molecule has 0 atom stereocenters. The summed E-state index contributed by atoms with van der Waals surface area (Å²) in [6.45, 7) is 4.71. The highest BCUT2D eigenvalue weighted by Crippen LogP contribution is 2.07. The zero-order chi connectivity index (χ0) is 14.6. The van der Waals surface area contributed by atoms with Gasteiger partial charge in [0.05, 0.1) is 16.7 Å². The minimum atomic E-state index is -0.817. The summed E-state index contributed by atoms with van der Waals surface area (Å²) in [6.07, 6.45) is 1.24. The van der Waals surface area contributed by atoms with Crippen LogP contribution < -0.4 is 5.56 Å². The zero-order valence-corrected chi connectivity index (χ0v) is 11.4. The van der Waals surface area contributed by atoms with Crippen molar-refractivity contribution in [1.82, 2.24) is 9.47 Å². The van der Waals surface area contributed by atoms with Crippen molar-refractivity contribution in [2.24, 2.45) is 0 Å². The molecule has 1 heterocycles. The molecule has 1 N–H and O–H groups in total. The van der Waals surface area contributed by atoms with Crippen LogP contribution in [-0.4, -0.2) is 45.2 Å². The minimum Gasteiger partial charge on any atom is -0.389 e. The number of aromatic nitrogens is 1. The quantitative estimate of drug-likeness (QED) is 0.598. The van der Waals surface area contributed by atoms with Crippen LogP contribution in [0.5, 0.6) is 0 Å². The van der Waals surface area contributed by atoms with E-state index in [4.69, 9.17) is 0 Å². The maximum atomic E-state index is 11.6. The molecule has 0 aliphatic heterocycles. The van der Waals surface area contributed by atoms with Crippen molar-refractivity contribution in [2.45, 2.75) is 26.0 Å². The van der Waals surface area contributed by atoms with Crippen molar-refractivity contribution < 1.29 is 10.0 Å². The Morgan fingerprint density at radius 1 is 1.47 bits per heavy atom. The van der Waals surface area contributed by atoms with E-state index < -0.39 is 10.5 Å². The van der Waals surface area contributed by atoms with Gasteiger partial charge in [-0.2, -0.15) is 0 Å². The number of pyridine rings is 1. The van der Waals surface area contributed by atoms with E-state index in [0.717, 1.165) is 0 Å². The van der Waals surface area contributed by atoms with Crippen molar-refractivity contribution in [3.05, 3.63) is 38.8 Å². The summed E-state index contributed by atoms with van der Waals surface area (Å²) in [5.41, 5.74) is -1.20. The Morgan fingerprint density at radius 2 is 2.11 bits per heavy atom. The Bertz CT molecular complexity index is 504. The summed E-state index contributed by atoms with van der Waals surface area (Å²) in [5, 5.41) is 20.3. The molecular weight excluding hydrogens is 250 g/mol. The molecule has 1 aromatic rings. The molecule has 1 rings (SSSR count). The third-order valence-electron chi connectivity index (χ3n) is 2.56. The molecule has 0 fully saturated rings. The van der Waals surface area contributed by atoms with E-state index in [-0.39, 0.29) is 11.2 Å². The molecule has 0 aromatic carbocycles. The second-order valence-electron chi connectivity index (χ2n) is 5.23. The molecule has 0 bridgehead atoms. The molecule has 7 heteroatoms. The molecular formula is C12H19N3O4. The standard InChI is InChI=1S/C12H19N3O4/c1-12(2,17)9-13(3)6-7-14-8-10(15(18)19)4-5-11(14)16/h4-5,8,17H,6-7,9H2,1-3H3. The van der Waals surface area contributed by atoms with Crippen LogP contribution >= 0.6 is 0 Å². The number of hydrogen-bond donors (Lipinski definition) is 1. The monoisotopic (exact) mass is 269 g/mol. The lowest BCUT2D eigenvalue weighted by atomic mass is 10.1. The molecule has 0 saturated carbocycles. The molecule has 0 spiro atoms. The fourth-order valence-electron chi connectivity index (χ4n) is 1.82. The van der Waals surface area contributed by atoms with Crippen molar-refractivity contribution >= 4 is 5.69 Å². The second-order valence-corrected chi connectivity index (χ2v) is 5.23. The molecule has 0 radical (unpaired) electrons. The van der Waals surface area contributed by atoms with Crippen LogP contribution in [0.15, 0.2) is 23.1 Å². The smallest absolute Gasteiger partial charge is 0.285 e. The lowest BCUT2D eigenvalue weighted by molar-refractivity contribution is -0.385. The lowest BCUT2D eigenvalue weighted by Crippen LogP contribution is -2.38. The second kappa shape index (κ2) is 5.94. The van der Waals surface area contributed by atoms with Crippen LogP contribution in [0, 0.1) is 10.1 Å². The van der Waals surface area contributed by atoms with E-state index >= 15 is 0 Å². The average Bonchev–Trinajstić information content (AvgIpc) is 2.25. The van der Waals surface area contributed by atoms with Crippen molar-refractivity contribution in [1.29, 1.82) is 0 Å². The molecule has 0 aliphatic rings. The van der Waals surface area contributed by atoms with E-state index in [1.54, 1.807) is 13.8 Å². The van der Waals surface area contributed by atoms with Crippen LogP contribution in [0.1, 0.15) is 13.8 Å². The molecule has 0 aliphatic carbocycles. The number of nitro groups is 1. The number of aliphatic hydroxyl groups is 1. The number of rotatable bonds is 6. The number of likely N-dealkylation sites (N-methyl/N-ethyl adjacent to an activating group) is 1. The molecule has 1 aromatic heterocycles. The predicted octanol–water partition coefficient (Wildman–Crippen LogP) is 0.459. The SMILES string of the molecule is CN(CCn1cc([N+](=O)[O-])ccc1=O)CC(C)(C)O. The van der Waals surface area contributed by atoms with Gasteiger partial charge in [-0.25, -0.2) is 0 Å². The van der Waals surface area contributed by atoms with Crippen molar-refractivity contribution in [3.63, 3.8) is 0 Å². The van der Waals surface area contributed by atoms with Gasteiger partial charge in [-0.05, 0) is 20.9 Å². The maximum Gasteiger partial charge on any atom is 0.285 e. The van der Waals surface area contributed by atoms with Gasteiger partial charge in [-0.15, -0.1) is 0 Å². The van der Waals surface area contributed by atoms with Crippen molar-refractivity contribution in [2.75, 3.05) is 20.1 Å². The van der Waals surface area contributed by atoms with E-state index in [0.29, 0.717) is 19.6 Å². The summed E-state index contributed by atoms with van der Waals surface area (Å²) < 4.78 is 1.30. The summed E-state index contributed by atoms with van der Waals surface area (Å²) in [4.78, 5) is 23.5. The Labute approximate surface area is 111 Å². The Kier molecular flexibility index (Phi) is 4.79. The van der Waals surface area contributed by atoms with Gasteiger partial charge in [0.1, 0.15) is 0 Å². The average molecular weight is 269 g/mol. The van der Waals surface area contributed by atoms with Gasteiger partial charge < -0.3 is 14.6 Å². The highest BCUT2D eigenvalue weighted by Gasteiger charge is 2.15. The Balaban J connectivity index is 2.70. The zero-order valence-electron chi connectivity index (χ0n) is 11.4. The van der Waals surface area contributed by atoms with E-state index in [1.807, 2.05) is 11.9 Å². The number of hydrogen-bond acceptors (Lipinski definition) is 5. The lowest BCUT2D eigenvalue weighted by Gasteiger charge is -2.25. The molecule has 19 heavy (non-hydrogen) atoms. The van der Waals surface area contributed by atoms with Crippen molar-refractivity contribution in [3.8, 4) is 0 Å². The summed E-state index contributed by atoms with van der Waals surface area (Å²) >= 11 is 0. The van der Waals surface area contributed by atoms with Gasteiger partial charge in [0.15, 0.2) is 0 Å². The van der Waals surface area contributed by atoms with Gasteiger partial charge >= 0.3 is 0 Å². The van der Waals surface area contributed by atoms with Gasteiger partial charge in [0.2, 0.25) is 0 Å². The third-order valence-corrected chi connectivity index (χ3v) is 2.56. The first-order valence-corrected chi connectivity index (χ1v) is 5.95.